The van der Waals surface area contributed by atoms with Gasteiger partial charge in [0.15, 0.2) is 5.58 Å². The fourth-order valence-corrected chi connectivity index (χ4v) is 2.27. The molecule has 5 heteroatoms. The van der Waals surface area contributed by atoms with Gasteiger partial charge in [0.2, 0.25) is 0 Å². The maximum Gasteiger partial charge on any atom is 0.166 e. The van der Waals surface area contributed by atoms with E-state index in [4.69, 9.17) is 4.52 Å². The summed E-state index contributed by atoms with van der Waals surface area (Å²) in [4.78, 5) is 0. The standard InChI is InChI=1S/C7H5NO.C7H5NS.2C4H10.H2S.H2/c2*1-2-4-7-6(3-1)5-8-9-7;2*1-4(2)3;;/h2*1-5H;2*4H,1-3H3;1H2;1H/i;;;;;1+2. The van der Waals surface area contributed by atoms with Crippen LogP contribution in [0.1, 0.15) is 43.0 Å². The van der Waals surface area contributed by atoms with E-state index in [1.807, 2.05) is 42.6 Å². The van der Waals surface area contributed by atoms with Crippen LogP contribution in [-0.2, 0) is 0 Å². The van der Waals surface area contributed by atoms with Crippen molar-refractivity contribution >= 4 is 46.1 Å². The summed E-state index contributed by atoms with van der Waals surface area (Å²) in [6, 6.07) is 15.9. The molecule has 0 bridgehead atoms. The highest BCUT2D eigenvalue weighted by molar-refractivity contribution is 7.59. The lowest BCUT2D eigenvalue weighted by atomic mass is 10.3. The molecular formula is C22H34N2OS2. The van der Waals surface area contributed by atoms with E-state index in [9.17, 15) is 0 Å². The van der Waals surface area contributed by atoms with E-state index < -0.39 is 0 Å². The van der Waals surface area contributed by atoms with Gasteiger partial charge in [0.05, 0.1) is 10.9 Å². The highest BCUT2D eigenvalue weighted by Gasteiger charge is 1.91. The molecule has 0 aliphatic rings. The zero-order valence-corrected chi connectivity index (χ0v) is 19.0. The largest absolute Gasteiger partial charge is 0.356 e. The van der Waals surface area contributed by atoms with Crippen molar-refractivity contribution in [2.24, 2.45) is 11.8 Å². The fourth-order valence-electron chi connectivity index (χ4n) is 1.62. The van der Waals surface area contributed by atoms with Crippen molar-refractivity contribution in [3.63, 3.8) is 0 Å². The van der Waals surface area contributed by atoms with Crippen molar-refractivity contribution in [3.05, 3.63) is 60.9 Å². The molecule has 0 atom stereocenters. The molecule has 0 radical (unpaired) electrons. The molecule has 0 aliphatic carbocycles. The quantitative estimate of drug-likeness (QED) is 0.298. The highest BCUT2D eigenvalue weighted by atomic mass is 32.1. The lowest BCUT2D eigenvalue weighted by Crippen LogP contribution is -1.66. The van der Waals surface area contributed by atoms with Gasteiger partial charge in [0.25, 0.3) is 0 Å². The minimum Gasteiger partial charge on any atom is -0.356 e. The van der Waals surface area contributed by atoms with Gasteiger partial charge in [-0.05, 0) is 41.6 Å². The second-order valence-electron chi connectivity index (χ2n) is 7.19. The fraction of sp³-hybridized carbons (Fsp3) is 0.364. The summed E-state index contributed by atoms with van der Waals surface area (Å²) in [5.74, 6) is 1.67. The number of hydrogen-bond acceptors (Lipinski definition) is 4. The molecule has 150 valence electrons. The first-order valence-corrected chi connectivity index (χ1v) is 9.76. The van der Waals surface area contributed by atoms with Crippen LogP contribution in [0.15, 0.2) is 65.4 Å². The number of aromatic nitrogens is 2. The predicted octanol–water partition coefficient (Wildman–Crippen LogP) is 7.81. The maximum absolute atomic E-state index is 4.87. The summed E-state index contributed by atoms with van der Waals surface area (Å²) in [5.41, 5.74) is 0.845. The molecular weight excluding hydrogens is 372 g/mol. The molecule has 2 aromatic carbocycles. The van der Waals surface area contributed by atoms with Crippen molar-refractivity contribution in [2.75, 3.05) is 0 Å². The SMILES string of the molecule is CC(C)C.CC(C)C.S.[3HH].c1ccc2oncc2c1.c1ccc2sncc2c1. The van der Waals surface area contributed by atoms with E-state index in [0.717, 1.165) is 22.8 Å². The molecule has 0 aliphatic heterocycles. The molecule has 0 saturated carbocycles. The Bertz CT molecular complexity index is 722. The van der Waals surface area contributed by atoms with E-state index >= 15 is 0 Å². The minimum absolute atomic E-state index is 0. The van der Waals surface area contributed by atoms with Crippen LogP contribution < -0.4 is 0 Å². The van der Waals surface area contributed by atoms with Crippen molar-refractivity contribution in [1.82, 2.24) is 9.53 Å². The third-order valence-corrected chi connectivity index (χ3v) is 3.30. The first-order valence-electron chi connectivity index (χ1n) is 8.99. The Hall–Kier alpha value is -1.85. The number of para-hydroxylation sites is 1. The molecule has 0 fully saturated rings. The van der Waals surface area contributed by atoms with Crippen molar-refractivity contribution in [2.45, 2.75) is 41.5 Å². The zero-order chi connectivity index (χ0) is 19.4. The van der Waals surface area contributed by atoms with E-state index in [1.165, 1.54) is 21.6 Å². The monoisotopic (exact) mass is 408 g/mol. The van der Waals surface area contributed by atoms with Crippen LogP contribution in [0.2, 0.25) is 0 Å². The number of hydrogen-bond donors (Lipinski definition) is 0. The third-order valence-electron chi connectivity index (χ3n) is 2.52. The van der Waals surface area contributed by atoms with E-state index in [1.54, 1.807) is 6.20 Å². The molecule has 0 spiro atoms. The molecule has 0 amide bonds. The Morgan fingerprint density at radius 2 is 1.30 bits per heavy atom. The summed E-state index contributed by atoms with van der Waals surface area (Å²) in [6.07, 6.45) is 3.59. The van der Waals surface area contributed by atoms with Crippen molar-refractivity contribution in [3.8, 4) is 0 Å². The average molecular weight is 409 g/mol. The van der Waals surface area contributed by atoms with Crippen LogP contribution in [0.3, 0.4) is 0 Å². The van der Waals surface area contributed by atoms with Crippen LogP contribution in [0.25, 0.3) is 21.1 Å². The molecule has 3 nitrogen and oxygen atoms in total. The Morgan fingerprint density at radius 3 is 1.85 bits per heavy atom. The summed E-state index contributed by atoms with van der Waals surface area (Å²) in [6.45, 7) is 13.0. The van der Waals surface area contributed by atoms with Gasteiger partial charge in [0.1, 0.15) is 0 Å². The van der Waals surface area contributed by atoms with E-state index in [0.29, 0.717) is 0 Å². The molecule has 2 aromatic heterocycles. The van der Waals surface area contributed by atoms with Crippen LogP contribution in [0.4, 0.5) is 0 Å². The van der Waals surface area contributed by atoms with Gasteiger partial charge in [-0.1, -0.05) is 77.0 Å². The highest BCUT2D eigenvalue weighted by Crippen LogP contribution is 2.15. The van der Waals surface area contributed by atoms with Gasteiger partial charge in [-0.2, -0.15) is 17.9 Å². The molecule has 0 unspecified atom stereocenters. The van der Waals surface area contributed by atoms with Crippen LogP contribution in [0.5, 0.6) is 0 Å². The second-order valence-corrected chi connectivity index (χ2v) is 8.02. The van der Waals surface area contributed by atoms with Crippen LogP contribution in [0, 0.1) is 11.8 Å². The number of nitrogens with zero attached hydrogens (tertiary/aromatic N) is 2. The van der Waals surface area contributed by atoms with E-state index in [2.05, 4.69) is 63.2 Å². The van der Waals surface area contributed by atoms with Gasteiger partial charge in [-0.25, -0.2) is 0 Å². The first kappa shape index (κ1) is 25.1. The molecule has 4 rings (SSSR count). The van der Waals surface area contributed by atoms with Crippen molar-refractivity contribution < 1.29 is 5.95 Å². The Kier molecular flexibility index (Phi) is 13.3. The van der Waals surface area contributed by atoms with Gasteiger partial charge in [-0.15, -0.1) is 0 Å². The molecule has 0 saturated heterocycles. The van der Waals surface area contributed by atoms with E-state index in [-0.39, 0.29) is 14.9 Å². The molecule has 27 heavy (non-hydrogen) atoms. The maximum atomic E-state index is 4.87. The average Bonchev–Trinajstić information content (AvgIpc) is 3.23. The second kappa shape index (κ2) is 14.2. The third kappa shape index (κ3) is 11.5. The lowest BCUT2D eigenvalue weighted by molar-refractivity contribution is 0.456. The van der Waals surface area contributed by atoms with Crippen molar-refractivity contribution in [1.29, 1.82) is 0 Å². The Labute approximate surface area is 175 Å². The first-order chi connectivity index (χ1) is 12.4. The zero-order valence-electron chi connectivity index (χ0n) is 17.1. The van der Waals surface area contributed by atoms with Crippen LogP contribution in [-0.4, -0.2) is 9.53 Å². The Morgan fingerprint density at radius 1 is 0.778 bits per heavy atom. The Balaban J connectivity index is 0. The normalized spacial score (nSPS) is 9.48. The molecule has 4 aromatic rings. The van der Waals surface area contributed by atoms with Gasteiger partial charge in [0, 0.05) is 18.4 Å². The number of fused-ring (bicyclic) bond motifs is 2. The summed E-state index contributed by atoms with van der Waals surface area (Å²) in [7, 11) is 0. The van der Waals surface area contributed by atoms with Gasteiger partial charge < -0.3 is 4.52 Å². The lowest BCUT2D eigenvalue weighted by Gasteiger charge is -1.80. The summed E-state index contributed by atoms with van der Waals surface area (Å²) >= 11 is 1.54. The summed E-state index contributed by atoms with van der Waals surface area (Å²) < 4.78 is 10.2. The van der Waals surface area contributed by atoms with Gasteiger partial charge in [-0.3, -0.25) is 0 Å². The number of rotatable bonds is 0. The molecule has 2 heterocycles. The smallest absolute Gasteiger partial charge is 0.166 e. The molecule has 0 N–H and O–H groups in total. The minimum atomic E-state index is 0. The topological polar surface area (TPSA) is 38.9 Å². The predicted molar refractivity (Wildman–Crippen MR) is 127 cm³/mol. The van der Waals surface area contributed by atoms with Gasteiger partial charge >= 0.3 is 0 Å². The van der Waals surface area contributed by atoms with Crippen LogP contribution >= 0.6 is 25.0 Å². The summed E-state index contributed by atoms with van der Waals surface area (Å²) in [5, 5.41) is 5.92. The number of benzene rings is 2.